The summed E-state index contributed by atoms with van der Waals surface area (Å²) in [5.74, 6) is 0. The van der Waals surface area contributed by atoms with Gasteiger partial charge in [0, 0.05) is 39.9 Å². The summed E-state index contributed by atoms with van der Waals surface area (Å²) in [4.78, 5) is 17.0. The van der Waals surface area contributed by atoms with Gasteiger partial charge in [-0.15, -0.1) is 0 Å². The van der Waals surface area contributed by atoms with E-state index in [-0.39, 0.29) is 5.63 Å². The van der Waals surface area contributed by atoms with Gasteiger partial charge < -0.3 is 4.42 Å². The molecule has 3 aromatic carbocycles. The monoisotopic (exact) mass is 391 g/mol. The average Bonchev–Trinajstić information content (AvgIpc) is 2.75. The van der Waals surface area contributed by atoms with Crippen molar-refractivity contribution in [3.63, 3.8) is 0 Å². The van der Waals surface area contributed by atoms with E-state index in [2.05, 4.69) is 37.0 Å². The molecule has 0 aliphatic rings. The summed E-state index contributed by atoms with van der Waals surface area (Å²) in [6, 6.07) is 21.9. The Balaban J connectivity index is 1.92. The van der Waals surface area contributed by atoms with Crippen molar-refractivity contribution in [3.05, 3.63) is 100 Å². The Morgan fingerprint density at radius 2 is 1.50 bits per heavy atom. The van der Waals surface area contributed by atoms with E-state index in [0.29, 0.717) is 5.58 Å². The first-order valence-corrected chi connectivity index (χ1v) is 10.0. The van der Waals surface area contributed by atoms with Gasteiger partial charge in [0.25, 0.3) is 0 Å². The molecule has 0 N–H and O–H groups in total. The molecular weight excluding hydrogens is 370 g/mol. The van der Waals surface area contributed by atoms with Crippen LogP contribution in [0.15, 0.2) is 82.1 Å². The van der Waals surface area contributed by atoms with Crippen molar-refractivity contribution in [1.29, 1.82) is 0 Å². The molecule has 0 saturated heterocycles. The van der Waals surface area contributed by atoms with Gasteiger partial charge in [-0.2, -0.15) is 0 Å². The van der Waals surface area contributed by atoms with Gasteiger partial charge in [-0.3, -0.25) is 4.98 Å². The molecule has 0 radical (unpaired) electrons. The molecule has 2 heterocycles. The summed E-state index contributed by atoms with van der Waals surface area (Å²) in [5.41, 5.74) is 7.56. The number of benzene rings is 3. The molecule has 2 aromatic heterocycles. The molecular formula is C27H21NO2. The quantitative estimate of drug-likeness (QED) is 0.318. The molecule has 146 valence electrons. The van der Waals surface area contributed by atoms with Gasteiger partial charge in [-0.25, -0.2) is 4.79 Å². The van der Waals surface area contributed by atoms with Gasteiger partial charge in [-0.05, 0) is 54.5 Å². The fourth-order valence-corrected chi connectivity index (χ4v) is 4.48. The Hall–Kier alpha value is -3.72. The highest BCUT2D eigenvalue weighted by Gasteiger charge is 2.18. The zero-order valence-electron chi connectivity index (χ0n) is 17.2. The molecule has 0 bridgehead atoms. The predicted molar refractivity (Wildman–Crippen MR) is 123 cm³/mol. The third-order valence-electron chi connectivity index (χ3n) is 5.83. The number of nitrogens with zero attached hydrogens (tertiary/aromatic N) is 1. The van der Waals surface area contributed by atoms with Crippen LogP contribution in [0.4, 0.5) is 0 Å². The van der Waals surface area contributed by atoms with Crippen LogP contribution in [-0.2, 0) is 0 Å². The summed E-state index contributed by atoms with van der Waals surface area (Å²) in [6.07, 6.45) is 1.96. The minimum atomic E-state index is -0.338. The molecule has 3 nitrogen and oxygen atoms in total. The molecule has 0 spiro atoms. The van der Waals surface area contributed by atoms with E-state index in [1.54, 1.807) is 6.07 Å². The first-order chi connectivity index (χ1) is 14.5. The lowest BCUT2D eigenvalue weighted by Gasteiger charge is -2.17. The van der Waals surface area contributed by atoms with E-state index in [1.165, 1.54) is 5.39 Å². The molecule has 0 saturated carbocycles. The zero-order valence-corrected chi connectivity index (χ0v) is 17.2. The van der Waals surface area contributed by atoms with E-state index in [9.17, 15) is 4.79 Å². The third kappa shape index (κ3) is 2.82. The van der Waals surface area contributed by atoms with Crippen molar-refractivity contribution in [2.75, 3.05) is 0 Å². The lowest BCUT2D eigenvalue weighted by molar-refractivity contribution is 0.561. The minimum absolute atomic E-state index is 0.338. The third-order valence-corrected chi connectivity index (χ3v) is 5.83. The van der Waals surface area contributed by atoms with Crippen LogP contribution >= 0.6 is 0 Å². The maximum Gasteiger partial charge on any atom is 0.336 e. The number of hydrogen-bond donors (Lipinski definition) is 0. The second-order valence-electron chi connectivity index (χ2n) is 7.71. The molecule has 3 heteroatoms. The standard InChI is InChI=1S/C27H21NO2/c1-16-13-24-27(22(14-25(29)30-24)19-9-5-4-6-10-19)17(2)26(16)23-15-28-18(3)20-11-7-8-12-21(20)23/h4-15H,1-3H3. The number of rotatable bonds is 2. The summed E-state index contributed by atoms with van der Waals surface area (Å²) in [7, 11) is 0. The maximum atomic E-state index is 12.3. The van der Waals surface area contributed by atoms with Crippen molar-refractivity contribution < 1.29 is 4.42 Å². The maximum absolute atomic E-state index is 12.3. The summed E-state index contributed by atoms with van der Waals surface area (Å²) in [6.45, 7) is 6.20. The lowest BCUT2D eigenvalue weighted by atomic mass is 9.88. The first-order valence-electron chi connectivity index (χ1n) is 10.0. The molecule has 0 unspecified atom stereocenters. The molecule has 0 aliphatic carbocycles. The Morgan fingerprint density at radius 3 is 2.27 bits per heavy atom. The Morgan fingerprint density at radius 1 is 0.800 bits per heavy atom. The largest absolute Gasteiger partial charge is 0.423 e. The van der Waals surface area contributed by atoms with Gasteiger partial charge in [-0.1, -0.05) is 54.6 Å². The minimum Gasteiger partial charge on any atom is -0.423 e. The van der Waals surface area contributed by atoms with Crippen LogP contribution in [0.1, 0.15) is 16.8 Å². The fourth-order valence-electron chi connectivity index (χ4n) is 4.48. The highest BCUT2D eigenvalue weighted by molar-refractivity contribution is 6.04. The van der Waals surface area contributed by atoms with Crippen molar-refractivity contribution in [3.8, 4) is 22.3 Å². The second kappa shape index (κ2) is 6.96. The van der Waals surface area contributed by atoms with Crippen LogP contribution in [0.25, 0.3) is 44.0 Å². The van der Waals surface area contributed by atoms with Crippen molar-refractivity contribution in [2.24, 2.45) is 0 Å². The summed E-state index contributed by atoms with van der Waals surface area (Å²) >= 11 is 0. The van der Waals surface area contributed by atoms with Crippen LogP contribution in [0, 0.1) is 20.8 Å². The number of pyridine rings is 1. The normalized spacial score (nSPS) is 11.3. The highest BCUT2D eigenvalue weighted by Crippen LogP contribution is 2.39. The van der Waals surface area contributed by atoms with E-state index in [1.807, 2.05) is 55.6 Å². The van der Waals surface area contributed by atoms with Gasteiger partial charge in [0.1, 0.15) is 5.58 Å². The Bertz CT molecular complexity index is 1480. The average molecular weight is 391 g/mol. The number of aryl methyl sites for hydroxylation is 3. The predicted octanol–water partition coefficient (Wildman–Crippen LogP) is 6.60. The van der Waals surface area contributed by atoms with Crippen LogP contribution in [0.3, 0.4) is 0 Å². The number of aromatic nitrogens is 1. The van der Waals surface area contributed by atoms with Gasteiger partial charge in [0.05, 0.1) is 0 Å². The lowest BCUT2D eigenvalue weighted by Crippen LogP contribution is -2.01. The zero-order chi connectivity index (χ0) is 20.8. The summed E-state index contributed by atoms with van der Waals surface area (Å²) < 4.78 is 5.61. The van der Waals surface area contributed by atoms with Crippen LogP contribution in [-0.4, -0.2) is 4.98 Å². The Labute approximate surface area is 174 Å². The van der Waals surface area contributed by atoms with Crippen molar-refractivity contribution in [2.45, 2.75) is 20.8 Å². The van der Waals surface area contributed by atoms with Gasteiger partial charge in [0.2, 0.25) is 0 Å². The van der Waals surface area contributed by atoms with Crippen molar-refractivity contribution >= 4 is 21.7 Å². The first kappa shape index (κ1) is 18.3. The second-order valence-corrected chi connectivity index (χ2v) is 7.71. The fraction of sp³-hybridized carbons (Fsp3) is 0.111. The summed E-state index contributed by atoms with van der Waals surface area (Å²) in [5, 5.41) is 3.29. The molecule has 5 aromatic rings. The topological polar surface area (TPSA) is 43.1 Å². The van der Waals surface area contributed by atoms with E-state index >= 15 is 0 Å². The van der Waals surface area contributed by atoms with Crippen molar-refractivity contribution in [1.82, 2.24) is 4.98 Å². The smallest absolute Gasteiger partial charge is 0.336 e. The van der Waals surface area contributed by atoms with Crippen LogP contribution in [0.5, 0.6) is 0 Å². The van der Waals surface area contributed by atoms with Crippen LogP contribution in [0.2, 0.25) is 0 Å². The van der Waals surface area contributed by atoms with Crippen LogP contribution < -0.4 is 5.63 Å². The van der Waals surface area contributed by atoms with Gasteiger partial charge >= 0.3 is 5.63 Å². The molecule has 0 aliphatic heterocycles. The molecule has 0 atom stereocenters. The molecule has 0 fully saturated rings. The molecule has 30 heavy (non-hydrogen) atoms. The number of hydrogen-bond acceptors (Lipinski definition) is 3. The molecule has 0 amide bonds. The molecule has 5 rings (SSSR count). The van der Waals surface area contributed by atoms with Gasteiger partial charge in [0.15, 0.2) is 0 Å². The van der Waals surface area contributed by atoms with E-state index in [0.717, 1.165) is 49.8 Å². The van der Waals surface area contributed by atoms with E-state index < -0.39 is 0 Å². The highest BCUT2D eigenvalue weighted by atomic mass is 16.4. The Kier molecular flexibility index (Phi) is 4.25. The number of fused-ring (bicyclic) bond motifs is 2. The van der Waals surface area contributed by atoms with E-state index in [4.69, 9.17) is 4.42 Å². The SMILES string of the molecule is Cc1cc2oc(=O)cc(-c3ccccc3)c2c(C)c1-c1cnc(C)c2ccccc12.